The number of carbonyl (C=O) groups excluding carboxylic acids is 1. The Morgan fingerprint density at radius 1 is 0.615 bits per heavy atom. The minimum absolute atomic E-state index is 0.260. The van der Waals surface area contributed by atoms with Crippen LogP contribution in [0, 0.1) is 6.92 Å². The van der Waals surface area contributed by atoms with Crippen molar-refractivity contribution in [3.8, 4) is 0 Å². The first-order chi connectivity index (χ1) is 18.5. The van der Waals surface area contributed by atoms with Crippen LogP contribution in [-0.2, 0) is 28.7 Å². The van der Waals surface area contributed by atoms with Gasteiger partial charge >= 0.3 is 0 Å². The Hall–Kier alpha value is -2.71. The van der Waals surface area contributed by atoms with Gasteiger partial charge in [0.1, 0.15) is 6.79 Å². The van der Waals surface area contributed by atoms with E-state index in [0.29, 0.717) is 0 Å². The molecule has 2 nitrogen and oxygen atoms in total. The van der Waals surface area contributed by atoms with Crippen LogP contribution >= 0.6 is 0 Å². The predicted molar refractivity (Wildman–Crippen MR) is 180 cm³/mol. The van der Waals surface area contributed by atoms with Crippen molar-refractivity contribution in [1.82, 2.24) is 4.90 Å². The van der Waals surface area contributed by atoms with E-state index in [4.69, 9.17) is 4.79 Å². The fourth-order valence-corrected chi connectivity index (χ4v) is 4.08. The minimum Gasteiger partial charge on any atom is -0.307 e. The van der Waals surface area contributed by atoms with Crippen LogP contribution < -0.4 is 0 Å². The zero-order chi connectivity index (χ0) is 31.4. The van der Waals surface area contributed by atoms with Crippen LogP contribution in [0.2, 0.25) is 0 Å². The molecule has 2 heteroatoms. The molecule has 1 aliphatic heterocycles. The van der Waals surface area contributed by atoms with Crippen molar-refractivity contribution in [1.29, 1.82) is 0 Å². The molecule has 0 amide bonds. The van der Waals surface area contributed by atoms with Gasteiger partial charge in [0, 0.05) is 13.1 Å². The van der Waals surface area contributed by atoms with Crippen molar-refractivity contribution < 1.29 is 4.79 Å². The molecule has 0 radical (unpaired) electrons. The lowest BCUT2D eigenvalue weighted by molar-refractivity contribution is -0.0980. The summed E-state index contributed by atoms with van der Waals surface area (Å²) in [6.07, 6.45) is 0. The van der Waals surface area contributed by atoms with Crippen LogP contribution in [0.15, 0.2) is 67.8 Å². The summed E-state index contributed by atoms with van der Waals surface area (Å²) in [6.45, 7) is 37.8. The molecule has 39 heavy (non-hydrogen) atoms. The maximum absolute atomic E-state index is 8.00. The van der Waals surface area contributed by atoms with Gasteiger partial charge in [-0.2, -0.15) is 0 Å². The van der Waals surface area contributed by atoms with Crippen molar-refractivity contribution in [3.63, 3.8) is 0 Å². The predicted octanol–water partition coefficient (Wildman–Crippen LogP) is 11.1. The number of hydrogen-bond donors (Lipinski definition) is 0. The summed E-state index contributed by atoms with van der Waals surface area (Å²) in [5.41, 5.74) is 7.67. The van der Waals surface area contributed by atoms with E-state index in [-0.39, 0.29) is 10.8 Å². The quantitative estimate of drug-likeness (QED) is 0.267. The van der Waals surface area contributed by atoms with Crippen LogP contribution in [0.4, 0.5) is 0 Å². The van der Waals surface area contributed by atoms with E-state index < -0.39 is 0 Å². The molecule has 4 rings (SSSR count). The topological polar surface area (TPSA) is 20.3 Å². The molecular formula is C37H61NO. The molecule has 0 bridgehead atoms. The second-order valence-corrected chi connectivity index (χ2v) is 10.6. The highest BCUT2D eigenvalue weighted by Gasteiger charge is 2.17. The smallest absolute Gasteiger partial charge is 0.106 e. The van der Waals surface area contributed by atoms with Crippen molar-refractivity contribution in [3.05, 3.63) is 95.6 Å². The van der Waals surface area contributed by atoms with Crippen LogP contribution in [0.5, 0.6) is 0 Å². The summed E-state index contributed by atoms with van der Waals surface area (Å²) in [5, 5.41) is 2.92. The fourth-order valence-electron chi connectivity index (χ4n) is 4.08. The first kappa shape index (κ1) is 40.8. The molecular weight excluding hydrogens is 474 g/mol. The van der Waals surface area contributed by atoms with E-state index in [0.717, 1.165) is 13.1 Å². The number of benzene rings is 3. The molecule has 0 aliphatic carbocycles. The summed E-state index contributed by atoms with van der Waals surface area (Å²) in [6, 6.07) is 20.2. The lowest BCUT2D eigenvalue weighted by Gasteiger charge is -2.26. The molecule has 0 N–H and O–H groups in total. The minimum atomic E-state index is 0.260. The number of hydrogen-bond acceptors (Lipinski definition) is 2. The Morgan fingerprint density at radius 2 is 0.974 bits per heavy atom. The van der Waals surface area contributed by atoms with Gasteiger partial charge in [-0.05, 0) is 63.4 Å². The number of aryl methyl sites for hydroxylation is 1. The Kier molecular flexibility index (Phi) is 22.1. The summed E-state index contributed by atoms with van der Waals surface area (Å²) in [5.74, 6) is 0. The van der Waals surface area contributed by atoms with E-state index in [2.05, 4.69) is 128 Å². The van der Waals surface area contributed by atoms with Crippen LogP contribution in [0.25, 0.3) is 10.8 Å². The zero-order valence-electron chi connectivity index (χ0n) is 28.1. The highest BCUT2D eigenvalue weighted by Crippen LogP contribution is 2.31. The van der Waals surface area contributed by atoms with E-state index in [1.807, 2.05) is 48.3 Å². The molecule has 0 fully saturated rings. The van der Waals surface area contributed by atoms with Gasteiger partial charge in [-0.3, -0.25) is 4.90 Å². The first-order valence-electron chi connectivity index (χ1n) is 14.6. The van der Waals surface area contributed by atoms with E-state index in [1.165, 1.54) is 38.6 Å². The normalized spacial score (nSPS) is 11.4. The number of nitrogens with zero attached hydrogens (tertiary/aromatic N) is 1. The largest absolute Gasteiger partial charge is 0.307 e. The molecule has 0 atom stereocenters. The van der Waals surface area contributed by atoms with E-state index in [1.54, 1.807) is 0 Å². The average molecular weight is 536 g/mol. The molecule has 0 aromatic heterocycles. The highest BCUT2D eigenvalue weighted by atomic mass is 16.1. The fraction of sp³-hybridized carbons (Fsp3) is 0.486. The average Bonchev–Trinajstić information content (AvgIpc) is 2.95. The Labute approximate surface area is 243 Å². The molecule has 3 aromatic rings. The molecule has 0 saturated heterocycles. The molecule has 1 aliphatic rings. The maximum Gasteiger partial charge on any atom is 0.106 e. The number of carbonyl (C=O) groups is 1. The van der Waals surface area contributed by atoms with Gasteiger partial charge in [0.25, 0.3) is 0 Å². The van der Waals surface area contributed by atoms with Gasteiger partial charge in [0.2, 0.25) is 0 Å². The monoisotopic (exact) mass is 535 g/mol. The van der Waals surface area contributed by atoms with Gasteiger partial charge in [-0.15, -0.1) is 13.2 Å². The molecule has 0 saturated carbocycles. The maximum atomic E-state index is 8.00. The highest BCUT2D eigenvalue weighted by molar-refractivity contribution is 5.91. The lowest BCUT2D eigenvalue weighted by Crippen LogP contribution is -2.21. The van der Waals surface area contributed by atoms with Crippen molar-refractivity contribution in [2.24, 2.45) is 0 Å². The van der Waals surface area contributed by atoms with Gasteiger partial charge in [0.05, 0.1) is 0 Å². The molecule has 0 spiro atoms. The lowest BCUT2D eigenvalue weighted by atomic mass is 9.82. The van der Waals surface area contributed by atoms with E-state index in [9.17, 15) is 0 Å². The second kappa shape index (κ2) is 21.2. The molecule has 0 unspecified atom stereocenters. The van der Waals surface area contributed by atoms with Gasteiger partial charge < -0.3 is 4.79 Å². The Morgan fingerprint density at radius 3 is 1.33 bits per heavy atom. The van der Waals surface area contributed by atoms with Gasteiger partial charge in [-0.25, -0.2) is 0 Å². The summed E-state index contributed by atoms with van der Waals surface area (Å²) in [4.78, 5) is 10.4. The Bertz CT molecular complexity index is 973. The third-order valence-electron chi connectivity index (χ3n) is 5.93. The van der Waals surface area contributed by atoms with Crippen molar-refractivity contribution in [2.75, 3.05) is 7.05 Å². The summed E-state index contributed by atoms with van der Waals surface area (Å²) in [7, 11) is 2.18. The van der Waals surface area contributed by atoms with Crippen molar-refractivity contribution >= 4 is 17.6 Å². The van der Waals surface area contributed by atoms with Gasteiger partial charge in [0.15, 0.2) is 0 Å². The summed E-state index contributed by atoms with van der Waals surface area (Å²) < 4.78 is 0. The van der Waals surface area contributed by atoms with Crippen LogP contribution in [0.3, 0.4) is 0 Å². The second-order valence-electron chi connectivity index (χ2n) is 10.6. The third-order valence-corrected chi connectivity index (χ3v) is 5.93. The molecule has 3 aromatic carbocycles. The molecule has 220 valence electrons. The number of rotatable bonds is 0. The molecule has 1 heterocycles. The standard InChI is InChI=1S/C14H15N.C14H22.3C2H6.C2H4.CH2O/c1-10-6-7-12-9-15(2)8-11-4-3-5-13(10)14(11)12;1-13(2,3)11-7-9-12(10-8-11)14(4,5)6;5*1-2/h3-7H,8-9H2,1-2H3;7-10H,1-6H3;3*1-2H3;1-2H2;1H2. The van der Waals surface area contributed by atoms with Gasteiger partial charge in [-0.1, -0.05) is 138 Å². The first-order valence-corrected chi connectivity index (χ1v) is 14.6. The van der Waals surface area contributed by atoms with Crippen LogP contribution in [-0.4, -0.2) is 18.7 Å². The van der Waals surface area contributed by atoms with E-state index >= 15 is 0 Å². The Balaban J connectivity index is -0.000000505. The third kappa shape index (κ3) is 13.3. The van der Waals surface area contributed by atoms with Crippen LogP contribution in [0.1, 0.15) is 111 Å². The SMILES string of the molecule is C=C.C=O.CC.CC.CC.CC(C)(C)c1ccc(C(C)(C)C)cc1.Cc1ccc2c3c(cccc13)CN(C)C2. The zero-order valence-corrected chi connectivity index (χ0v) is 28.1. The van der Waals surface area contributed by atoms with Crippen molar-refractivity contribution in [2.45, 2.75) is 114 Å². The summed E-state index contributed by atoms with van der Waals surface area (Å²) >= 11 is 0.